The van der Waals surface area contributed by atoms with Gasteiger partial charge in [0.1, 0.15) is 17.0 Å². The molecule has 0 saturated heterocycles. The van der Waals surface area contributed by atoms with Crippen LogP contribution < -0.4 is 5.32 Å². The van der Waals surface area contributed by atoms with Crippen molar-refractivity contribution < 1.29 is 9.32 Å². The number of aryl methyl sites for hydroxylation is 2. The van der Waals surface area contributed by atoms with Gasteiger partial charge in [-0.05, 0) is 43.3 Å². The molecule has 1 N–H and O–H groups in total. The summed E-state index contributed by atoms with van der Waals surface area (Å²) in [6, 6.07) is 12.6. The van der Waals surface area contributed by atoms with Gasteiger partial charge in [-0.25, -0.2) is 4.98 Å². The lowest BCUT2D eigenvalue weighted by Crippen LogP contribution is -2.13. The van der Waals surface area contributed by atoms with Gasteiger partial charge < -0.3 is 14.4 Å². The van der Waals surface area contributed by atoms with E-state index < -0.39 is 0 Å². The lowest BCUT2D eigenvalue weighted by molar-refractivity contribution is 0.102. The van der Waals surface area contributed by atoms with Crippen molar-refractivity contribution in [2.75, 3.05) is 5.32 Å². The van der Waals surface area contributed by atoms with E-state index in [4.69, 9.17) is 27.7 Å². The third kappa shape index (κ3) is 4.09. The molecule has 0 fully saturated rings. The highest BCUT2D eigenvalue weighted by Gasteiger charge is 2.25. The Morgan fingerprint density at radius 2 is 1.83 bits per heavy atom. The number of halogens is 2. The van der Waals surface area contributed by atoms with Crippen LogP contribution in [0.4, 0.5) is 5.69 Å². The maximum Gasteiger partial charge on any atom is 0.261 e. The Morgan fingerprint density at radius 1 is 1.13 bits per heavy atom. The van der Waals surface area contributed by atoms with Crippen molar-refractivity contribution in [3.8, 4) is 11.3 Å². The summed E-state index contributed by atoms with van der Waals surface area (Å²) in [5.74, 6) is 0.0182. The van der Waals surface area contributed by atoms with Gasteiger partial charge in [-0.1, -0.05) is 46.2 Å². The van der Waals surface area contributed by atoms with Crippen molar-refractivity contribution >= 4 is 46.6 Å². The predicted molar refractivity (Wildman–Crippen MR) is 118 cm³/mol. The number of nitrogens with zero attached hydrogens (tertiary/aromatic N) is 3. The molecule has 30 heavy (non-hydrogen) atoms. The van der Waals surface area contributed by atoms with Crippen LogP contribution in [0, 0.1) is 6.92 Å². The van der Waals surface area contributed by atoms with Gasteiger partial charge in [0.15, 0.2) is 5.16 Å². The second kappa shape index (κ2) is 8.55. The van der Waals surface area contributed by atoms with Crippen molar-refractivity contribution in [3.63, 3.8) is 0 Å². The second-order valence-corrected chi connectivity index (χ2v) is 8.32. The van der Waals surface area contributed by atoms with Crippen LogP contribution in [0.5, 0.6) is 0 Å². The second-order valence-electron chi connectivity index (χ2n) is 6.46. The topological polar surface area (TPSA) is 73.0 Å². The van der Waals surface area contributed by atoms with Crippen LogP contribution in [0.2, 0.25) is 10.0 Å². The first kappa shape index (κ1) is 20.5. The zero-order chi connectivity index (χ0) is 21.3. The Morgan fingerprint density at radius 3 is 2.47 bits per heavy atom. The minimum absolute atomic E-state index is 0.288. The van der Waals surface area contributed by atoms with E-state index in [1.165, 1.54) is 11.8 Å². The van der Waals surface area contributed by atoms with Crippen LogP contribution >= 0.6 is 35.0 Å². The molecular weight excluding hydrogens is 443 g/mol. The molecule has 0 atom stereocenters. The molecule has 2 aromatic carbocycles. The number of anilines is 1. The molecule has 4 aromatic rings. The molecule has 2 aromatic heterocycles. The molecule has 0 aliphatic carbocycles. The highest BCUT2D eigenvalue weighted by molar-refractivity contribution is 7.99. The summed E-state index contributed by atoms with van der Waals surface area (Å²) in [6.45, 7) is 1.67. The monoisotopic (exact) mass is 458 g/mol. The van der Waals surface area contributed by atoms with Crippen molar-refractivity contribution in [1.82, 2.24) is 14.7 Å². The highest BCUT2D eigenvalue weighted by Crippen LogP contribution is 2.37. The van der Waals surface area contributed by atoms with E-state index in [0.717, 1.165) is 10.1 Å². The molecule has 0 bridgehead atoms. The number of amides is 1. The minimum Gasteiger partial charge on any atom is -0.360 e. The Balaban J connectivity index is 1.56. The fourth-order valence-corrected chi connectivity index (χ4v) is 4.27. The molecule has 4 rings (SSSR count). The molecule has 1 amide bonds. The maximum absolute atomic E-state index is 13.0. The molecule has 2 heterocycles. The van der Waals surface area contributed by atoms with Crippen molar-refractivity contribution in [3.05, 3.63) is 76.2 Å². The minimum atomic E-state index is -0.357. The zero-order valence-corrected chi connectivity index (χ0v) is 18.3. The van der Waals surface area contributed by atoms with Gasteiger partial charge in [-0.15, -0.1) is 0 Å². The molecule has 6 nitrogen and oxygen atoms in total. The van der Waals surface area contributed by atoms with Gasteiger partial charge in [0.25, 0.3) is 5.91 Å². The largest absolute Gasteiger partial charge is 0.360 e. The van der Waals surface area contributed by atoms with Crippen LogP contribution in [0.15, 0.2) is 69.4 Å². The van der Waals surface area contributed by atoms with Crippen LogP contribution in [-0.2, 0) is 7.05 Å². The van der Waals surface area contributed by atoms with E-state index in [-0.39, 0.29) is 11.5 Å². The quantitative estimate of drug-likeness (QED) is 0.391. The average molecular weight is 459 g/mol. The average Bonchev–Trinajstić information content (AvgIpc) is 3.29. The first-order chi connectivity index (χ1) is 14.4. The van der Waals surface area contributed by atoms with Gasteiger partial charge in [0.05, 0.1) is 10.0 Å². The van der Waals surface area contributed by atoms with E-state index in [2.05, 4.69) is 15.5 Å². The van der Waals surface area contributed by atoms with Crippen LogP contribution in [0.3, 0.4) is 0 Å². The summed E-state index contributed by atoms with van der Waals surface area (Å²) in [5.41, 5.74) is 1.70. The molecule has 152 valence electrons. The summed E-state index contributed by atoms with van der Waals surface area (Å²) in [7, 11) is 1.94. The summed E-state index contributed by atoms with van der Waals surface area (Å²) < 4.78 is 7.21. The molecule has 9 heteroatoms. The number of aromatic nitrogens is 3. The van der Waals surface area contributed by atoms with Crippen molar-refractivity contribution in [1.29, 1.82) is 0 Å². The molecule has 0 spiro atoms. The fourth-order valence-electron chi connectivity index (χ4n) is 2.89. The van der Waals surface area contributed by atoms with Crippen LogP contribution in [-0.4, -0.2) is 20.6 Å². The van der Waals surface area contributed by atoms with E-state index in [1.807, 2.05) is 42.1 Å². The number of nitrogens with one attached hydrogen (secondary N) is 1. The van der Waals surface area contributed by atoms with E-state index in [9.17, 15) is 4.79 Å². The standard InChI is InChI=1S/C21H16Cl2N4O2S/c1-12-17(19(26-29-12)18-15(22)4-3-5-16(18)23)20(28)25-13-6-8-14(9-7-13)30-21-24-10-11-27(21)2/h3-11H,1-2H3,(H,25,28). The Bertz CT molecular complexity index is 1200. The summed E-state index contributed by atoms with van der Waals surface area (Å²) in [6.07, 6.45) is 3.64. The molecule has 0 radical (unpaired) electrons. The molecule has 0 aliphatic heterocycles. The normalized spacial score (nSPS) is 10.9. The van der Waals surface area contributed by atoms with Gasteiger partial charge in [0, 0.05) is 35.6 Å². The van der Waals surface area contributed by atoms with Crippen LogP contribution in [0.25, 0.3) is 11.3 Å². The Labute approximate surface area is 187 Å². The van der Waals surface area contributed by atoms with E-state index >= 15 is 0 Å². The Hall–Kier alpha value is -2.74. The number of hydrogen-bond acceptors (Lipinski definition) is 5. The zero-order valence-electron chi connectivity index (χ0n) is 16.0. The van der Waals surface area contributed by atoms with Gasteiger partial charge in [-0.2, -0.15) is 0 Å². The summed E-state index contributed by atoms with van der Waals surface area (Å²) >= 11 is 14.1. The molecule has 0 unspecified atom stereocenters. The number of carbonyl (C=O) groups excluding carboxylic acids is 1. The summed E-state index contributed by atoms with van der Waals surface area (Å²) in [4.78, 5) is 18.3. The number of rotatable bonds is 5. The van der Waals surface area contributed by atoms with Gasteiger partial charge >= 0.3 is 0 Å². The van der Waals surface area contributed by atoms with Crippen molar-refractivity contribution in [2.24, 2.45) is 7.05 Å². The van der Waals surface area contributed by atoms with Crippen molar-refractivity contribution in [2.45, 2.75) is 17.0 Å². The fraction of sp³-hybridized carbons (Fsp3) is 0.0952. The third-order valence-electron chi connectivity index (χ3n) is 4.39. The lowest BCUT2D eigenvalue weighted by Gasteiger charge is -2.09. The maximum atomic E-state index is 13.0. The van der Waals surface area contributed by atoms with Gasteiger partial charge in [-0.3, -0.25) is 4.79 Å². The molecule has 0 saturated carbocycles. The van der Waals surface area contributed by atoms with Gasteiger partial charge in [0.2, 0.25) is 0 Å². The third-order valence-corrected chi connectivity index (χ3v) is 6.10. The highest BCUT2D eigenvalue weighted by atomic mass is 35.5. The van der Waals surface area contributed by atoms with E-state index in [0.29, 0.717) is 32.8 Å². The predicted octanol–water partition coefficient (Wildman–Crippen LogP) is 6.09. The smallest absolute Gasteiger partial charge is 0.261 e. The van der Waals surface area contributed by atoms with Crippen LogP contribution in [0.1, 0.15) is 16.1 Å². The Kier molecular flexibility index (Phi) is 5.85. The lowest BCUT2D eigenvalue weighted by atomic mass is 10.1. The number of imidazole rings is 1. The SMILES string of the molecule is Cc1onc(-c2c(Cl)cccc2Cl)c1C(=O)Nc1ccc(Sc2nccn2C)cc1. The molecular formula is C21H16Cl2N4O2S. The number of benzene rings is 2. The first-order valence-corrected chi connectivity index (χ1v) is 10.5. The number of hydrogen-bond donors (Lipinski definition) is 1. The summed E-state index contributed by atoms with van der Waals surface area (Å²) in [5, 5.41) is 8.55. The van der Waals surface area contributed by atoms with E-state index in [1.54, 1.807) is 31.3 Å². The first-order valence-electron chi connectivity index (χ1n) is 8.91. The number of carbonyl (C=O) groups is 1. The molecule has 0 aliphatic rings.